The lowest BCUT2D eigenvalue weighted by Gasteiger charge is -2.23. The predicted octanol–water partition coefficient (Wildman–Crippen LogP) is 3.12. The predicted molar refractivity (Wildman–Crippen MR) is 64.0 cm³/mol. The number of hydrogen-bond donors (Lipinski definition) is 1. The molecule has 0 spiro atoms. The molecule has 1 aromatic rings. The first kappa shape index (κ1) is 10.7. The highest BCUT2D eigenvalue weighted by Gasteiger charge is 2.18. The van der Waals surface area contributed by atoms with Gasteiger partial charge in [0.2, 0.25) is 0 Å². The minimum absolute atomic E-state index is 0.819. The third kappa shape index (κ3) is 2.63. The van der Waals surface area contributed by atoms with Crippen LogP contribution in [-0.2, 0) is 6.54 Å². The molecule has 0 atom stereocenters. The summed E-state index contributed by atoms with van der Waals surface area (Å²) in [7, 11) is 4.26. The molecule has 15 heavy (non-hydrogen) atoms. The summed E-state index contributed by atoms with van der Waals surface area (Å²) in [6, 6.07) is 2.29. The summed E-state index contributed by atoms with van der Waals surface area (Å²) >= 11 is 0. The van der Waals surface area contributed by atoms with Gasteiger partial charge in [-0.25, -0.2) is 0 Å². The standard InChI is InChI=1S/C13H22N2/c1-15(2)10-13-12(8-9-14-13)11-6-4-3-5-7-11/h8-9,11,14H,3-7,10H2,1-2H3. The van der Waals surface area contributed by atoms with Crippen molar-refractivity contribution in [3.8, 4) is 0 Å². The Balaban J connectivity index is 2.09. The van der Waals surface area contributed by atoms with E-state index in [0.29, 0.717) is 0 Å². The zero-order chi connectivity index (χ0) is 10.7. The largest absolute Gasteiger partial charge is 0.364 e. The van der Waals surface area contributed by atoms with Gasteiger partial charge in [0.25, 0.3) is 0 Å². The lowest BCUT2D eigenvalue weighted by molar-refractivity contribution is 0.388. The van der Waals surface area contributed by atoms with Gasteiger partial charge in [-0.1, -0.05) is 19.3 Å². The molecule has 1 aliphatic carbocycles. The van der Waals surface area contributed by atoms with Gasteiger partial charge in [-0.15, -0.1) is 0 Å². The molecule has 0 unspecified atom stereocenters. The quantitative estimate of drug-likeness (QED) is 0.805. The van der Waals surface area contributed by atoms with Crippen LogP contribution in [0.1, 0.15) is 49.3 Å². The molecule has 1 saturated carbocycles. The maximum atomic E-state index is 3.39. The Bertz CT molecular complexity index is 295. The highest BCUT2D eigenvalue weighted by atomic mass is 15.1. The first-order valence-corrected chi connectivity index (χ1v) is 6.08. The van der Waals surface area contributed by atoms with E-state index in [1.165, 1.54) is 37.8 Å². The van der Waals surface area contributed by atoms with Crippen molar-refractivity contribution in [3.63, 3.8) is 0 Å². The molecule has 1 aliphatic rings. The third-order valence-electron chi connectivity index (χ3n) is 3.39. The van der Waals surface area contributed by atoms with Crippen LogP contribution in [0.3, 0.4) is 0 Å². The highest BCUT2D eigenvalue weighted by Crippen LogP contribution is 2.34. The molecule has 2 nitrogen and oxygen atoms in total. The van der Waals surface area contributed by atoms with Crippen LogP contribution < -0.4 is 0 Å². The van der Waals surface area contributed by atoms with Crippen LogP contribution in [0, 0.1) is 0 Å². The Morgan fingerprint density at radius 2 is 2.00 bits per heavy atom. The Morgan fingerprint density at radius 3 is 2.67 bits per heavy atom. The van der Waals surface area contributed by atoms with Gasteiger partial charge in [0.05, 0.1) is 0 Å². The van der Waals surface area contributed by atoms with Crippen molar-refractivity contribution in [1.82, 2.24) is 9.88 Å². The van der Waals surface area contributed by atoms with E-state index in [0.717, 1.165) is 12.5 Å². The molecule has 0 radical (unpaired) electrons. The van der Waals surface area contributed by atoms with Crippen molar-refractivity contribution < 1.29 is 0 Å². The van der Waals surface area contributed by atoms with E-state index in [1.807, 2.05) is 0 Å². The maximum absolute atomic E-state index is 3.39. The van der Waals surface area contributed by atoms with Crippen molar-refractivity contribution >= 4 is 0 Å². The van der Waals surface area contributed by atoms with Gasteiger partial charge in [-0.2, -0.15) is 0 Å². The van der Waals surface area contributed by atoms with Crippen molar-refractivity contribution in [2.75, 3.05) is 14.1 Å². The van der Waals surface area contributed by atoms with Crippen LogP contribution in [-0.4, -0.2) is 24.0 Å². The van der Waals surface area contributed by atoms with Gasteiger partial charge in [0, 0.05) is 18.4 Å². The number of H-pyrrole nitrogens is 1. The minimum Gasteiger partial charge on any atom is -0.364 e. The van der Waals surface area contributed by atoms with Gasteiger partial charge in [-0.3, -0.25) is 0 Å². The SMILES string of the molecule is CN(C)Cc1[nH]ccc1C1CCCCC1. The molecule has 1 aromatic heterocycles. The number of aromatic nitrogens is 1. The summed E-state index contributed by atoms with van der Waals surface area (Å²) < 4.78 is 0. The normalized spacial score (nSPS) is 18.6. The highest BCUT2D eigenvalue weighted by molar-refractivity contribution is 5.25. The van der Waals surface area contributed by atoms with Gasteiger partial charge < -0.3 is 9.88 Å². The number of hydrogen-bond acceptors (Lipinski definition) is 1. The van der Waals surface area contributed by atoms with Gasteiger partial charge >= 0.3 is 0 Å². The summed E-state index contributed by atoms with van der Waals surface area (Å²) in [4.78, 5) is 5.63. The lowest BCUT2D eigenvalue weighted by Crippen LogP contribution is -2.14. The van der Waals surface area contributed by atoms with E-state index in [9.17, 15) is 0 Å². The number of nitrogens with zero attached hydrogens (tertiary/aromatic N) is 1. The van der Waals surface area contributed by atoms with E-state index in [2.05, 4.69) is 36.2 Å². The number of aromatic amines is 1. The smallest absolute Gasteiger partial charge is 0.0381 e. The molecule has 2 heteroatoms. The summed E-state index contributed by atoms with van der Waals surface area (Å²) in [6.07, 6.45) is 9.14. The van der Waals surface area contributed by atoms with E-state index in [4.69, 9.17) is 0 Å². The van der Waals surface area contributed by atoms with Gasteiger partial charge in [-0.05, 0) is 44.5 Å². The molecular formula is C13H22N2. The van der Waals surface area contributed by atoms with Crippen LogP contribution in [0.2, 0.25) is 0 Å². The van der Waals surface area contributed by atoms with Crippen LogP contribution in [0.15, 0.2) is 12.3 Å². The van der Waals surface area contributed by atoms with Crippen molar-refractivity contribution in [2.24, 2.45) is 0 Å². The minimum atomic E-state index is 0.819. The van der Waals surface area contributed by atoms with Gasteiger partial charge in [0.1, 0.15) is 0 Å². The first-order valence-electron chi connectivity index (χ1n) is 6.08. The molecule has 1 N–H and O–H groups in total. The number of rotatable bonds is 3. The Kier molecular flexibility index (Phi) is 3.47. The second-order valence-electron chi connectivity index (χ2n) is 4.98. The second-order valence-corrected chi connectivity index (χ2v) is 4.98. The van der Waals surface area contributed by atoms with Crippen LogP contribution in [0.5, 0.6) is 0 Å². The fourth-order valence-corrected chi connectivity index (χ4v) is 2.67. The first-order chi connectivity index (χ1) is 7.27. The molecule has 2 rings (SSSR count). The molecular weight excluding hydrogens is 184 g/mol. The zero-order valence-corrected chi connectivity index (χ0v) is 9.92. The van der Waals surface area contributed by atoms with Gasteiger partial charge in [0.15, 0.2) is 0 Å². The van der Waals surface area contributed by atoms with Crippen molar-refractivity contribution in [3.05, 3.63) is 23.5 Å². The average molecular weight is 206 g/mol. The fraction of sp³-hybridized carbons (Fsp3) is 0.692. The van der Waals surface area contributed by atoms with Crippen LogP contribution in [0.25, 0.3) is 0 Å². The molecule has 0 bridgehead atoms. The lowest BCUT2D eigenvalue weighted by atomic mass is 9.84. The zero-order valence-electron chi connectivity index (χ0n) is 9.92. The summed E-state index contributed by atoms with van der Waals surface area (Å²) in [5, 5.41) is 0. The van der Waals surface area contributed by atoms with Crippen molar-refractivity contribution in [2.45, 2.75) is 44.6 Å². The van der Waals surface area contributed by atoms with Crippen molar-refractivity contribution in [1.29, 1.82) is 0 Å². The van der Waals surface area contributed by atoms with E-state index in [1.54, 1.807) is 5.56 Å². The molecule has 0 amide bonds. The van der Waals surface area contributed by atoms with E-state index in [-0.39, 0.29) is 0 Å². The molecule has 0 aliphatic heterocycles. The second kappa shape index (κ2) is 4.84. The van der Waals surface area contributed by atoms with Crippen LogP contribution in [0.4, 0.5) is 0 Å². The Labute approximate surface area is 92.7 Å². The summed E-state index contributed by atoms with van der Waals surface area (Å²) in [6.45, 7) is 1.04. The number of nitrogens with one attached hydrogen (secondary N) is 1. The molecule has 1 fully saturated rings. The summed E-state index contributed by atoms with van der Waals surface area (Å²) in [5.74, 6) is 0.819. The molecule has 0 aromatic carbocycles. The monoisotopic (exact) mass is 206 g/mol. The maximum Gasteiger partial charge on any atom is 0.0381 e. The molecule has 0 saturated heterocycles. The average Bonchev–Trinajstić information content (AvgIpc) is 2.66. The fourth-order valence-electron chi connectivity index (χ4n) is 2.67. The van der Waals surface area contributed by atoms with E-state index < -0.39 is 0 Å². The van der Waals surface area contributed by atoms with Crippen LogP contribution >= 0.6 is 0 Å². The summed E-state index contributed by atoms with van der Waals surface area (Å²) in [5.41, 5.74) is 3.00. The molecule has 84 valence electrons. The van der Waals surface area contributed by atoms with E-state index >= 15 is 0 Å². The Hall–Kier alpha value is -0.760. The Morgan fingerprint density at radius 1 is 1.27 bits per heavy atom. The third-order valence-corrected chi connectivity index (χ3v) is 3.39. The molecule has 1 heterocycles. The topological polar surface area (TPSA) is 19.0 Å².